The number of aryl methyl sites for hydroxylation is 1. The molecule has 1 aromatic heterocycles. The van der Waals surface area contributed by atoms with Gasteiger partial charge in [-0.3, -0.25) is 14.9 Å². The number of nitro groups is 1. The van der Waals surface area contributed by atoms with Crippen molar-refractivity contribution < 1.29 is 23.7 Å². The summed E-state index contributed by atoms with van der Waals surface area (Å²) in [5.74, 6) is -1.31. The predicted molar refractivity (Wildman–Crippen MR) is 102 cm³/mol. The maximum absolute atomic E-state index is 12.4. The number of benzene rings is 1. The van der Waals surface area contributed by atoms with Crippen molar-refractivity contribution in [3.8, 4) is 0 Å². The molecule has 148 valence electrons. The van der Waals surface area contributed by atoms with Crippen LogP contribution in [0.3, 0.4) is 0 Å². The number of carbonyl (C=O) groups is 2. The van der Waals surface area contributed by atoms with Gasteiger partial charge in [-0.25, -0.2) is 4.79 Å². The van der Waals surface area contributed by atoms with Gasteiger partial charge < -0.3 is 14.1 Å². The van der Waals surface area contributed by atoms with Crippen molar-refractivity contribution in [2.75, 3.05) is 13.2 Å². The molecule has 0 saturated heterocycles. The van der Waals surface area contributed by atoms with Gasteiger partial charge in [-0.2, -0.15) is 0 Å². The average molecular weight is 386 g/mol. The first kappa shape index (κ1) is 20.9. The second kappa shape index (κ2) is 10.1. The molecule has 1 heterocycles. The van der Waals surface area contributed by atoms with Crippen LogP contribution in [0.5, 0.6) is 0 Å². The van der Waals surface area contributed by atoms with Crippen LogP contribution in [0.2, 0.25) is 0 Å². The van der Waals surface area contributed by atoms with E-state index in [0.717, 1.165) is 23.6 Å². The van der Waals surface area contributed by atoms with Crippen LogP contribution in [0.25, 0.3) is 6.08 Å². The lowest BCUT2D eigenvalue weighted by atomic mass is 10.1. The van der Waals surface area contributed by atoms with E-state index in [0.29, 0.717) is 13.1 Å². The van der Waals surface area contributed by atoms with Crippen molar-refractivity contribution in [1.29, 1.82) is 0 Å². The highest BCUT2D eigenvalue weighted by Gasteiger charge is 2.15. The minimum Gasteiger partial charge on any atom is -0.452 e. The summed E-state index contributed by atoms with van der Waals surface area (Å²) < 4.78 is 9.87. The molecule has 8 heteroatoms. The summed E-state index contributed by atoms with van der Waals surface area (Å²) in [6.45, 7) is 4.57. The number of hydrogen-bond acceptors (Lipinski definition) is 6. The normalized spacial score (nSPS) is 10.8. The van der Waals surface area contributed by atoms with E-state index in [1.54, 1.807) is 4.90 Å². The molecule has 2 rings (SSSR count). The quantitative estimate of drug-likeness (QED) is 0.283. The monoisotopic (exact) mass is 386 g/mol. The first-order valence-corrected chi connectivity index (χ1v) is 8.81. The Labute approximate surface area is 162 Å². The maximum Gasteiger partial charge on any atom is 0.433 e. The van der Waals surface area contributed by atoms with Crippen molar-refractivity contribution >= 4 is 23.8 Å². The molecule has 28 heavy (non-hydrogen) atoms. The van der Waals surface area contributed by atoms with E-state index < -0.39 is 16.8 Å². The molecule has 0 N–H and O–H groups in total. The van der Waals surface area contributed by atoms with E-state index in [2.05, 4.69) is 0 Å². The Balaban J connectivity index is 1.88. The standard InChI is InChI=1S/C20H22N2O6/c1-3-12-21(13-16-6-4-15(2)5-7-16)18(23)14-27-20(24)11-9-17-8-10-19(28-17)22(25)26/h4-11H,3,12-14H2,1-2H3/b11-9+. The number of amides is 1. The Morgan fingerprint density at radius 1 is 1.21 bits per heavy atom. The largest absolute Gasteiger partial charge is 0.452 e. The molecule has 0 fully saturated rings. The zero-order valence-corrected chi connectivity index (χ0v) is 15.8. The summed E-state index contributed by atoms with van der Waals surface area (Å²) in [7, 11) is 0. The number of furan rings is 1. The van der Waals surface area contributed by atoms with E-state index in [9.17, 15) is 19.7 Å². The smallest absolute Gasteiger partial charge is 0.433 e. The number of hydrogen-bond donors (Lipinski definition) is 0. The molecule has 0 radical (unpaired) electrons. The Bertz CT molecular complexity index is 854. The van der Waals surface area contributed by atoms with Gasteiger partial charge in [0.15, 0.2) is 6.61 Å². The SMILES string of the molecule is CCCN(Cc1ccc(C)cc1)C(=O)COC(=O)/C=C/c1ccc([N+](=O)[O-])o1. The lowest BCUT2D eigenvalue weighted by molar-refractivity contribution is -0.402. The number of esters is 1. The molecule has 0 bridgehead atoms. The van der Waals surface area contributed by atoms with Crippen LogP contribution < -0.4 is 0 Å². The van der Waals surface area contributed by atoms with Gasteiger partial charge in [-0.15, -0.1) is 0 Å². The van der Waals surface area contributed by atoms with Crippen molar-refractivity contribution in [1.82, 2.24) is 4.90 Å². The number of rotatable bonds is 9. The lowest BCUT2D eigenvalue weighted by Crippen LogP contribution is -2.34. The third-order valence-corrected chi connectivity index (χ3v) is 3.85. The third-order valence-electron chi connectivity index (χ3n) is 3.85. The first-order valence-electron chi connectivity index (χ1n) is 8.81. The second-order valence-corrected chi connectivity index (χ2v) is 6.18. The van der Waals surface area contributed by atoms with Gasteiger partial charge in [0, 0.05) is 19.2 Å². The van der Waals surface area contributed by atoms with Gasteiger partial charge in [0.25, 0.3) is 5.91 Å². The van der Waals surface area contributed by atoms with Crippen molar-refractivity contribution in [2.24, 2.45) is 0 Å². The average Bonchev–Trinajstić information content (AvgIpc) is 3.15. The molecule has 0 aliphatic heterocycles. The Kier molecular flexibility index (Phi) is 7.50. The number of ether oxygens (including phenoxy) is 1. The van der Waals surface area contributed by atoms with Crippen LogP contribution in [0, 0.1) is 17.0 Å². The van der Waals surface area contributed by atoms with E-state index in [1.165, 1.54) is 18.2 Å². The Hall–Kier alpha value is -3.42. The van der Waals surface area contributed by atoms with E-state index in [-0.39, 0.29) is 18.3 Å². The highest BCUT2D eigenvalue weighted by molar-refractivity contribution is 5.89. The maximum atomic E-state index is 12.4. The summed E-state index contributed by atoms with van der Waals surface area (Å²) in [6, 6.07) is 10.4. The minimum absolute atomic E-state index is 0.141. The minimum atomic E-state index is -0.737. The highest BCUT2D eigenvalue weighted by Crippen LogP contribution is 2.16. The Morgan fingerprint density at radius 3 is 2.54 bits per heavy atom. The topological polar surface area (TPSA) is 103 Å². The molecule has 0 saturated carbocycles. The van der Waals surface area contributed by atoms with E-state index in [4.69, 9.17) is 9.15 Å². The van der Waals surface area contributed by atoms with Crippen molar-refractivity contribution in [3.05, 3.63) is 69.5 Å². The molecule has 0 aliphatic carbocycles. The fourth-order valence-electron chi connectivity index (χ4n) is 2.43. The van der Waals surface area contributed by atoms with Gasteiger partial charge in [0.2, 0.25) is 0 Å². The third kappa shape index (κ3) is 6.39. The van der Waals surface area contributed by atoms with Crippen LogP contribution in [-0.2, 0) is 20.9 Å². The van der Waals surface area contributed by atoms with Gasteiger partial charge in [0.05, 0.1) is 6.07 Å². The van der Waals surface area contributed by atoms with Crippen LogP contribution >= 0.6 is 0 Å². The lowest BCUT2D eigenvalue weighted by Gasteiger charge is -2.22. The van der Waals surface area contributed by atoms with Crippen LogP contribution in [-0.4, -0.2) is 34.9 Å². The summed E-state index contributed by atoms with van der Waals surface area (Å²) >= 11 is 0. The summed E-state index contributed by atoms with van der Waals surface area (Å²) in [5, 5.41) is 10.5. The van der Waals surface area contributed by atoms with Gasteiger partial charge in [-0.05, 0) is 31.1 Å². The van der Waals surface area contributed by atoms with Gasteiger partial charge >= 0.3 is 11.9 Å². The summed E-state index contributed by atoms with van der Waals surface area (Å²) in [5.41, 5.74) is 2.14. The molecular weight excluding hydrogens is 364 g/mol. The zero-order chi connectivity index (χ0) is 20.5. The van der Waals surface area contributed by atoms with Gasteiger partial charge in [-0.1, -0.05) is 36.8 Å². The van der Waals surface area contributed by atoms with Crippen LogP contribution in [0.15, 0.2) is 46.9 Å². The molecule has 0 atom stereocenters. The molecule has 2 aromatic rings. The number of nitrogens with zero attached hydrogens (tertiary/aromatic N) is 2. The second-order valence-electron chi connectivity index (χ2n) is 6.18. The molecule has 1 aromatic carbocycles. The molecule has 8 nitrogen and oxygen atoms in total. The van der Waals surface area contributed by atoms with Crippen molar-refractivity contribution in [3.63, 3.8) is 0 Å². The first-order chi connectivity index (χ1) is 13.4. The van der Waals surface area contributed by atoms with Crippen molar-refractivity contribution in [2.45, 2.75) is 26.8 Å². The van der Waals surface area contributed by atoms with Gasteiger partial charge in [0.1, 0.15) is 10.7 Å². The van der Waals surface area contributed by atoms with E-state index >= 15 is 0 Å². The van der Waals surface area contributed by atoms with Crippen LogP contribution in [0.1, 0.15) is 30.2 Å². The molecular formula is C20H22N2O6. The highest BCUT2D eigenvalue weighted by atomic mass is 16.6. The van der Waals surface area contributed by atoms with E-state index in [1.807, 2.05) is 38.1 Å². The Morgan fingerprint density at radius 2 is 1.93 bits per heavy atom. The molecule has 0 spiro atoms. The zero-order valence-electron chi connectivity index (χ0n) is 15.8. The summed E-state index contributed by atoms with van der Waals surface area (Å²) in [4.78, 5) is 35.7. The fourth-order valence-corrected chi connectivity index (χ4v) is 2.43. The molecule has 0 aliphatic rings. The molecule has 1 amide bonds. The fraction of sp³-hybridized carbons (Fsp3) is 0.300. The number of carbonyl (C=O) groups excluding carboxylic acids is 2. The summed E-state index contributed by atoms with van der Waals surface area (Å²) in [6.07, 6.45) is 3.08. The predicted octanol–water partition coefficient (Wildman–Crippen LogP) is 3.49. The molecule has 0 unspecified atom stereocenters. The van der Waals surface area contributed by atoms with Crippen LogP contribution in [0.4, 0.5) is 5.88 Å².